The van der Waals surface area contributed by atoms with Crippen LogP contribution in [0, 0.1) is 5.92 Å². The Morgan fingerprint density at radius 1 is 1.33 bits per heavy atom. The van der Waals surface area contributed by atoms with Crippen LogP contribution in [0.25, 0.3) is 0 Å². The van der Waals surface area contributed by atoms with Crippen LogP contribution in [0.1, 0.15) is 64.7 Å². The standard InChI is InChI=1S/C13H22O2/c1-2-4-11-5-3-8-13(9-6-11)10-7-12(14)15-13/h11H,2-10H2,1H3. The molecule has 1 heterocycles. The topological polar surface area (TPSA) is 26.3 Å². The molecule has 1 spiro atoms. The highest BCUT2D eigenvalue weighted by molar-refractivity contribution is 5.72. The lowest BCUT2D eigenvalue weighted by Gasteiger charge is -2.25. The van der Waals surface area contributed by atoms with E-state index in [9.17, 15) is 4.79 Å². The van der Waals surface area contributed by atoms with Crippen molar-refractivity contribution in [2.24, 2.45) is 5.92 Å². The van der Waals surface area contributed by atoms with E-state index in [-0.39, 0.29) is 11.6 Å². The van der Waals surface area contributed by atoms with Crippen molar-refractivity contribution in [3.63, 3.8) is 0 Å². The third-order valence-corrected chi connectivity index (χ3v) is 4.06. The normalized spacial score (nSPS) is 36.6. The van der Waals surface area contributed by atoms with Gasteiger partial charge in [-0.2, -0.15) is 0 Å². The molecule has 0 amide bonds. The maximum atomic E-state index is 11.2. The van der Waals surface area contributed by atoms with Crippen molar-refractivity contribution in [2.45, 2.75) is 70.3 Å². The number of carbonyl (C=O) groups excluding carboxylic acids is 1. The van der Waals surface area contributed by atoms with Gasteiger partial charge in [-0.15, -0.1) is 0 Å². The van der Waals surface area contributed by atoms with Crippen molar-refractivity contribution in [3.05, 3.63) is 0 Å². The highest BCUT2D eigenvalue weighted by atomic mass is 16.6. The molecule has 1 saturated heterocycles. The number of rotatable bonds is 2. The number of carbonyl (C=O) groups is 1. The number of hydrogen-bond acceptors (Lipinski definition) is 2. The van der Waals surface area contributed by atoms with Gasteiger partial charge in [0.25, 0.3) is 0 Å². The predicted molar refractivity (Wildman–Crippen MR) is 59.5 cm³/mol. The van der Waals surface area contributed by atoms with E-state index in [0.717, 1.165) is 25.2 Å². The average Bonchev–Trinajstić information content (AvgIpc) is 2.45. The van der Waals surface area contributed by atoms with Gasteiger partial charge in [0.05, 0.1) is 0 Å². The second-order valence-corrected chi connectivity index (χ2v) is 5.24. The van der Waals surface area contributed by atoms with Gasteiger partial charge < -0.3 is 4.74 Å². The van der Waals surface area contributed by atoms with Gasteiger partial charge >= 0.3 is 5.97 Å². The number of hydrogen-bond donors (Lipinski definition) is 0. The van der Waals surface area contributed by atoms with Crippen LogP contribution >= 0.6 is 0 Å². The summed E-state index contributed by atoms with van der Waals surface area (Å²) in [6.45, 7) is 2.26. The lowest BCUT2D eigenvalue weighted by atomic mass is 9.90. The van der Waals surface area contributed by atoms with Crippen molar-refractivity contribution >= 4 is 5.97 Å². The Bertz CT molecular complexity index is 237. The molecule has 2 aliphatic rings. The average molecular weight is 210 g/mol. The quantitative estimate of drug-likeness (QED) is 0.653. The van der Waals surface area contributed by atoms with Crippen LogP contribution in [0.2, 0.25) is 0 Å². The molecule has 2 atom stereocenters. The van der Waals surface area contributed by atoms with Crippen molar-refractivity contribution in [1.29, 1.82) is 0 Å². The van der Waals surface area contributed by atoms with Gasteiger partial charge in [0.15, 0.2) is 0 Å². The molecule has 15 heavy (non-hydrogen) atoms. The van der Waals surface area contributed by atoms with Gasteiger partial charge in [0.2, 0.25) is 0 Å². The summed E-state index contributed by atoms with van der Waals surface area (Å²) in [7, 11) is 0. The van der Waals surface area contributed by atoms with E-state index in [4.69, 9.17) is 4.74 Å². The van der Waals surface area contributed by atoms with Crippen molar-refractivity contribution < 1.29 is 9.53 Å². The molecular weight excluding hydrogens is 188 g/mol. The Hall–Kier alpha value is -0.530. The van der Waals surface area contributed by atoms with E-state index < -0.39 is 0 Å². The molecule has 0 bridgehead atoms. The minimum atomic E-state index is -0.0421. The van der Waals surface area contributed by atoms with E-state index in [2.05, 4.69) is 6.92 Å². The molecule has 2 rings (SSSR count). The van der Waals surface area contributed by atoms with E-state index in [1.165, 1.54) is 32.1 Å². The zero-order valence-electron chi connectivity index (χ0n) is 9.76. The molecule has 2 unspecified atom stereocenters. The summed E-state index contributed by atoms with van der Waals surface area (Å²) in [5.74, 6) is 0.914. The summed E-state index contributed by atoms with van der Waals surface area (Å²) in [6, 6.07) is 0. The lowest BCUT2D eigenvalue weighted by molar-refractivity contribution is -0.149. The number of ether oxygens (including phenoxy) is 1. The molecule has 0 aromatic carbocycles. The van der Waals surface area contributed by atoms with Crippen LogP contribution in [0.15, 0.2) is 0 Å². The monoisotopic (exact) mass is 210 g/mol. The molecule has 86 valence electrons. The van der Waals surface area contributed by atoms with Crippen LogP contribution in [-0.2, 0) is 9.53 Å². The maximum absolute atomic E-state index is 11.2. The summed E-state index contributed by atoms with van der Waals surface area (Å²) in [6.07, 6.45) is 10.3. The zero-order chi connectivity index (χ0) is 10.7. The number of esters is 1. The van der Waals surface area contributed by atoms with E-state index in [1.807, 2.05) is 0 Å². The van der Waals surface area contributed by atoms with Crippen LogP contribution in [0.3, 0.4) is 0 Å². The van der Waals surface area contributed by atoms with Gasteiger partial charge in [-0.3, -0.25) is 4.79 Å². The van der Waals surface area contributed by atoms with Gasteiger partial charge in [0, 0.05) is 6.42 Å². The highest BCUT2D eigenvalue weighted by Crippen LogP contribution is 2.41. The van der Waals surface area contributed by atoms with Gasteiger partial charge in [-0.1, -0.05) is 26.2 Å². The largest absolute Gasteiger partial charge is 0.459 e. The molecule has 0 N–H and O–H groups in total. The minimum absolute atomic E-state index is 0.0314. The Morgan fingerprint density at radius 2 is 2.20 bits per heavy atom. The highest BCUT2D eigenvalue weighted by Gasteiger charge is 2.41. The van der Waals surface area contributed by atoms with Crippen molar-refractivity contribution in [1.82, 2.24) is 0 Å². The summed E-state index contributed by atoms with van der Waals surface area (Å²) in [4.78, 5) is 11.2. The smallest absolute Gasteiger partial charge is 0.306 e. The molecule has 2 fully saturated rings. The van der Waals surface area contributed by atoms with Crippen LogP contribution in [0.5, 0.6) is 0 Å². The van der Waals surface area contributed by atoms with Crippen molar-refractivity contribution in [2.75, 3.05) is 0 Å². The molecule has 1 aliphatic heterocycles. The fourth-order valence-corrected chi connectivity index (χ4v) is 3.17. The first-order chi connectivity index (χ1) is 7.24. The maximum Gasteiger partial charge on any atom is 0.306 e. The second kappa shape index (κ2) is 4.54. The predicted octanol–water partition coefficient (Wildman–Crippen LogP) is 3.44. The molecule has 0 radical (unpaired) electrons. The summed E-state index contributed by atoms with van der Waals surface area (Å²) in [5, 5.41) is 0. The van der Waals surface area contributed by atoms with E-state index in [0.29, 0.717) is 6.42 Å². The summed E-state index contributed by atoms with van der Waals surface area (Å²) >= 11 is 0. The van der Waals surface area contributed by atoms with Gasteiger partial charge in [0.1, 0.15) is 5.60 Å². The third kappa shape index (κ3) is 2.53. The second-order valence-electron chi connectivity index (χ2n) is 5.24. The van der Waals surface area contributed by atoms with E-state index >= 15 is 0 Å². The molecule has 1 aliphatic carbocycles. The Labute approximate surface area is 92.4 Å². The summed E-state index contributed by atoms with van der Waals surface area (Å²) < 4.78 is 5.56. The van der Waals surface area contributed by atoms with Crippen molar-refractivity contribution in [3.8, 4) is 0 Å². The third-order valence-electron chi connectivity index (χ3n) is 4.06. The molecule has 1 saturated carbocycles. The van der Waals surface area contributed by atoms with Gasteiger partial charge in [-0.25, -0.2) is 0 Å². The molecule has 2 nitrogen and oxygen atoms in total. The van der Waals surface area contributed by atoms with Crippen LogP contribution in [0.4, 0.5) is 0 Å². The SMILES string of the molecule is CCCC1CCCC2(CCC(=O)O2)CC1. The minimum Gasteiger partial charge on any atom is -0.459 e. The van der Waals surface area contributed by atoms with Crippen LogP contribution in [-0.4, -0.2) is 11.6 Å². The zero-order valence-corrected chi connectivity index (χ0v) is 9.76. The Morgan fingerprint density at radius 3 is 2.87 bits per heavy atom. The van der Waals surface area contributed by atoms with Crippen LogP contribution < -0.4 is 0 Å². The molecular formula is C13H22O2. The molecule has 0 aromatic heterocycles. The van der Waals surface area contributed by atoms with Gasteiger partial charge in [-0.05, 0) is 38.0 Å². The lowest BCUT2D eigenvalue weighted by Crippen LogP contribution is -2.27. The molecule has 0 aromatic rings. The Kier molecular flexibility index (Phi) is 3.32. The first-order valence-electron chi connectivity index (χ1n) is 6.46. The fraction of sp³-hybridized carbons (Fsp3) is 0.923. The fourth-order valence-electron chi connectivity index (χ4n) is 3.17. The first-order valence-corrected chi connectivity index (χ1v) is 6.46. The first kappa shape index (κ1) is 11.0. The summed E-state index contributed by atoms with van der Waals surface area (Å²) in [5.41, 5.74) is -0.0421. The molecule has 2 heteroatoms. The van der Waals surface area contributed by atoms with E-state index in [1.54, 1.807) is 0 Å². The Balaban J connectivity index is 1.92.